The zero-order chi connectivity index (χ0) is 14.1. The van der Waals surface area contributed by atoms with E-state index in [1.807, 2.05) is 6.20 Å². The van der Waals surface area contributed by atoms with E-state index in [4.69, 9.17) is 0 Å². The second kappa shape index (κ2) is 8.78. The van der Waals surface area contributed by atoms with Crippen LogP contribution in [0.4, 0.5) is 11.5 Å². The van der Waals surface area contributed by atoms with E-state index >= 15 is 0 Å². The summed E-state index contributed by atoms with van der Waals surface area (Å²) in [5.74, 6) is 1.77. The predicted octanol–water partition coefficient (Wildman–Crippen LogP) is 4.17. The van der Waals surface area contributed by atoms with E-state index in [0.29, 0.717) is 0 Å². The van der Waals surface area contributed by atoms with Crippen molar-refractivity contribution in [2.45, 2.75) is 47.0 Å². The molecule has 0 radical (unpaired) electrons. The second-order valence-corrected chi connectivity index (χ2v) is 5.05. The molecule has 1 N–H and O–H groups in total. The Bertz CT molecular complexity index is 348. The van der Waals surface area contributed by atoms with Crippen LogP contribution in [0.5, 0.6) is 0 Å². The van der Waals surface area contributed by atoms with Crippen molar-refractivity contribution in [3.63, 3.8) is 0 Å². The standard InChI is InChI=1S/C16H29N3/c1-5-10-17-16-12-15(9-11-18-16)19(8-4)13-14(6-2)7-3/h9,11-12,14H,5-8,10,13H2,1-4H3,(H,17,18). The number of pyridine rings is 1. The molecule has 0 bridgehead atoms. The molecule has 0 aromatic carbocycles. The first-order valence-electron chi connectivity index (χ1n) is 7.69. The van der Waals surface area contributed by atoms with E-state index in [9.17, 15) is 0 Å². The predicted molar refractivity (Wildman–Crippen MR) is 85.0 cm³/mol. The average molecular weight is 263 g/mol. The smallest absolute Gasteiger partial charge is 0.127 e. The maximum atomic E-state index is 4.38. The van der Waals surface area contributed by atoms with Gasteiger partial charge in [-0.1, -0.05) is 33.6 Å². The first-order chi connectivity index (χ1) is 9.24. The number of hydrogen-bond acceptors (Lipinski definition) is 3. The van der Waals surface area contributed by atoms with Crippen molar-refractivity contribution in [3.05, 3.63) is 18.3 Å². The van der Waals surface area contributed by atoms with E-state index < -0.39 is 0 Å². The van der Waals surface area contributed by atoms with E-state index in [1.165, 1.54) is 18.5 Å². The molecular weight excluding hydrogens is 234 g/mol. The minimum atomic E-state index is 0.778. The van der Waals surface area contributed by atoms with Gasteiger partial charge in [0.2, 0.25) is 0 Å². The number of aromatic nitrogens is 1. The van der Waals surface area contributed by atoms with E-state index in [1.54, 1.807) is 0 Å². The Kier molecular flexibility index (Phi) is 7.31. The highest BCUT2D eigenvalue weighted by Crippen LogP contribution is 2.20. The van der Waals surface area contributed by atoms with Gasteiger partial charge in [-0.2, -0.15) is 0 Å². The lowest BCUT2D eigenvalue weighted by Gasteiger charge is -2.27. The molecule has 0 unspecified atom stereocenters. The van der Waals surface area contributed by atoms with Gasteiger partial charge in [0.15, 0.2) is 0 Å². The van der Waals surface area contributed by atoms with Crippen LogP contribution in [-0.4, -0.2) is 24.6 Å². The SMILES string of the molecule is CCCNc1cc(N(CC)CC(CC)CC)ccn1. The minimum Gasteiger partial charge on any atom is -0.371 e. The van der Waals surface area contributed by atoms with Crippen molar-refractivity contribution >= 4 is 11.5 Å². The van der Waals surface area contributed by atoms with Crippen LogP contribution in [0.25, 0.3) is 0 Å². The molecule has 3 nitrogen and oxygen atoms in total. The fourth-order valence-corrected chi connectivity index (χ4v) is 2.24. The first kappa shape index (κ1) is 15.8. The van der Waals surface area contributed by atoms with E-state index in [0.717, 1.165) is 37.8 Å². The van der Waals surface area contributed by atoms with Crippen LogP contribution < -0.4 is 10.2 Å². The molecule has 19 heavy (non-hydrogen) atoms. The summed E-state index contributed by atoms with van der Waals surface area (Å²) in [5, 5.41) is 3.36. The van der Waals surface area contributed by atoms with Gasteiger partial charge in [-0.05, 0) is 25.3 Å². The number of hydrogen-bond donors (Lipinski definition) is 1. The van der Waals surface area contributed by atoms with Gasteiger partial charge in [0.25, 0.3) is 0 Å². The summed E-state index contributed by atoms with van der Waals surface area (Å²) >= 11 is 0. The zero-order valence-electron chi connectivity index (χ0n) is 12.9. The summed E-state index contributed by atoms with van der Waals surface area (Å²) in [4.78, 5) is 6.83. The van der Waals surface area contributed by atoms with Crippen LogP contribution in [0.2, 0.25) is 0 Å². The number of rotatable bonds is 9. The molecule has 0 aliphatic carbocycles. The maximum Gasteiger partial charge on any atom is 0.127 e. The summed E-state index contributed by atoms with van der Waals surface area (Å²) in [6, 6.07) is 4.28. The van der Waals surface area contributed by atoms with Crippen molar-refractivity contribution in [2.24, 2.45) is 5.92 Å². The Labute approximate surface area is 118 Å². The maximum absolute atomic E-state index is 4.38. The Morgan fingerprint density at radius 2 is 1.95 bits per heavy atom. The molecular formula is C16H29N3. The number of nitrogens with zero attached hydrogens (tertiary/aromatic N) is 2. The highest BCUT2D eigenvalue weighted by molar-refractivity contribution is 5.53. The van der Waals surface area contributed by atoms with Crippen molar-refractivity contribution < 1.29 is 0 Å². The zero-order valence-corrected chi connectivity index (χ0v) is 12.9. The van der Waals surface area contributed by atoms with Gasteiger partial charge in [-0.25, -0.2) is 4.98 Å². The summed E-state index contributed by atoms with van der Waals surface area (Å²) in [6.45, 7) is 12.1. The van der Waals surface area contributed by atoms with Crippen molar-refractivity contribution in [1.29, 1.82) is 0 Å². The quantitative estimate of drug-likeness (QED) is 0.725. The minimum absolute atomic E-state index is 0.778. The lowest BCUT2D eigenvalue weighted by molar-refractivity contribution is 0.486. The third-order valence-electron chi connectivity index (χ3n) is 3.68. The van der Waals surface area contributed by atoms with Gasteiger partial charge < -0.3 is 10.2 Å². The summed E-state index contributed by atoms with van der Waals surface area (Å²) < 4.78 is 0. The normalized spacial score (nSPS) is 10.8. The molecule has 0 saturated carbocycles. The van der Waals surface area contributed by atoms with Gasteiger partial charge in [-0.3, -0.25) is 0 Å². The Morgan fingerprint density at radius 3 is 2.53 bits per heavy atom. The van der Waals surface area contributed by atoms with Crippen molar-refractivity contribution in [3.8, 4) is 0 Å². The summed E-state index contributed by atoms with van der Waals surface area (Å²) in [6.07, 6.45) is 5.53. The van der Waals surface area contributed by atoms with Crippen LogP contribution in [0.3, 0.4) is 0 Å². The fraction of sp³-hybridized carbons (Fsp3) is 0.688. The molecule has 0 spiro atoms. The molecule has 3 heteroatoms. The molecule has 1 rings (SSSR count). The Hall–Kier alpha value is -1.25. The molecule has 0 atom stereocenters. The second-order valence-electron chi connectivity index (χ2n) is 5.05. The average Bonchev–Trinajstić information content (AvgIpc) is 2.47. The van der Waals surface area contributed by atoms with Crippen molar-refractivity contribution in [1.82, 2.24) is 4.98 Å². The number of anilines is 2. The molecule has 1 aromatic rings. The largest absolute Gasteiger partial charge is 0.371 e. The van der Waals surface area contributed by atoms with Crippen LogP contribution in [0.15, 0.2) is 18.3 Å². The fourth-order valence-electron chi connectivity index (χ4n) is 2.24. The van der Waals surface area contributed by atoms with Gasteiger partial charge in [0, 0.05) is 37.6 Å². The molecule has 0 fully saturated rings. The van der Waals surface area contributed by atoms with Gasteiger partial charge in [0.1, 0.15) is 5.82 Å². The monoisotopic (exact) mass is 263 g/mol. The lowest BCUT2D eigenvalue weighted by Crippen LogP contribution is -2.29. The van der Waals surface area contributed by atoms with Gasteiger partial charge in [-0.15, -0.1) is 0 Å². The Balaban J connectivity index is 2.74. The van der Waals surface area contributed by atoms with Gasteiger partial charge >= 0.3 is 0 Å². The molecule has 1 aromatic heterocycles. The highest BCUT2D eigenvalue weighted by Gasteiger charge is 2.11. The molecule has 0 aliphatic heterocycles. The van der Waals surface area contributed by atoms with E-state index in [2.05, 4.69) is 55.0 Å². The molecule has 0 saturated heterocycles. The van der Waals surface area contributed by atoms with E-state index in [-0.39, 0.29) is 0 Å². The topological polar surface area (TPSA) is 28.2 Å². The van der Waals surface area contributed by atoms with Crippen LogP contribution in [0, 0.1) is 5.92 Å². The van der Waals surface area contributed by atoms with Crippen LogP contribution in [0.1, 0.15) is 47.0 Å². The third-order valence-corrected chi connectivity index (χ3v) is 3.68. The highest BCUT2D eigenvalue weighted by atomic mass is 15.1. The number of nitrogens with one attached hydrogen (secondary N) is 1. The Morgan fingerprint density at radius 1 is 1.21 bits per heavy atom. The van der Waals surface area contributed by atoms with Gasteiger partial charge in [0.05, 0.1) is 0 Å². The molecule has 108 valence electrons. The summed E-state index contributed by atoms with van der Waals surface area (Å²) in [5.41, 5.74) is 1.28. The third kappa shape index (κ3) is 5.09. The molecule has 0 aliphatic rings. The van der Waals surface area contributed by atoms with Crippen LogP contribution in [-0.2, 0) is 0 Å². The molecule has 0 amide bonds. The van der Waals surface area contributed by atoms with Crippen LogP contribution >= 0.6 is 0 Å². The lowest BCUT2D eigenvalue weighted by atomic mass is 10.0. The van der Waals surface area contributed by atoms with Crippen molar-refractivity contribution in [2.75, 3.05) is 29.9 Å². The molecule has 1 heterocycles. The summed E-state index contributed by atoms with van der Waals surface area (Å²) in [7, 11) is 0. The first-order valence-corrected chi connectivity index (χ1v) is 7.69.